The first-order valence-electron chi connectivity index (χ1n) is 12.6. The molecule has 5 aromatic heterocycles. The second-order valence-corrected chi connectivity index (χ2v) is 10.7. The van der Waals surface area contributed by atoms with E-state index in [0.29, 0.717) is 56.8 Å². The van der Waals surface area contributed by atoms with E-state index in [9.17, 15) is 5.11 Å². The van der Waals surface area contributed by atoms with E-state index in [0.717, 1.165) is 11.1 Å². The van der Waals surface area contributed by atoms with Gasteiger partial charge in [-0.05, 0) is 36.1 Å². The van der Waals surface area contributed by atoms with Gasteiger partial charge in [0.15, 0.2) is 11.5 Å². The summed E-state index contributed by atoms with van der Waals surface area (Å²) in [6, 6.07) is 10.7. The Morgan fingerprint density at radius 1 is 1.00 bits per heavy atom. The molecule has 196 valence electrons. The van der Waals surface area contributed by atoms with Gasteiger partial charge in [-0.3, -0.25) is 15.1 Å². The third-order valence-corrected chi connectivity index (χ3v) is 6.42. The minimum absolute atomic E-state index is 0.0583. The van der Waals surface area contributed by atoms with Crippen molar-refractivity contribution in [2.45, 2.75) is 33.4 Å². The Labute approximate surface area is 223 Å². The Balaban J connectivity index is 1.39. The van der Waals surface area contributed by atoms with Crippen LogP contribution in [0.4, 0.5) is 10.1 Å². The van der Waals surface area contributed by atoms with Crippen LogP contribution in [0.15, 0.2) is 67.4 Å². The number of nitrogens with one attached hydrogen (secondary N) is 3. The number of benzene rings is 1. The van der Waals surface area contributed by atoms with Crippen LogP contribution < -0.4 is 5.32 Å². The summed E-state index contributed by atoms with van der Waals surface area (Å²) in [4.78, 5) is 21.0. The third kappa shape index (κ3) is 4.94. The molecule has 1 unspecified atom stereocenters. The molecule has 0 aliphatic carbocycles. The summed E-state index contributed by atoms with van der Waals surface area (Å²) in [5.41, 5.74) is 5.67. The fourth-order valence-electron chi connectivity index (χ4n) is 4.71. The molecule has 0 radical (unpaired) electrons. The summed E-state index contributed by atoms with van der Waals surface area (Å²) < 4.78 is 15.3. The lowest BCUT2D eigenvalue weighted by atomic mass is 9.91. The van der Waals surface area contributed by atoms with Crippen molar-refractivity contribution in [1.82, 2.24) is 35.1 Å². The van der Waals surface area contributed by atoms with E-state index in [1.807, 2.05) is 18.2 Å². The Kier molecular flexibility index (Phi) is 6.03. The second-order valence-electron chi connectivity index (χ2n) is 10.7. The number of halogens is 1. The van der Waals surface area contributed by atoms with E-state index in [1.165, 1.54) is 6.07 Å². The standard InChI is InChI=1S/C29H27FN8O/c1-29(2,3)12-24(39)34-18-9-17(14-32-15-18)20-10-21-23(11-22(20)30)37-38-26(21)28-35-25-19(6-8-33-27(25)36-28)16-5-4-7-31-13-16/h4-11,13-15,24,34,39H,12H2,1-3H3,(H,37,38)(H,33,35,36). The van der Waals surface area contributed by atoms with Crippen molar-refractivity contribution in [2.24, 2.45) is 5.41 Å². The number of aliphatic hydroxyl groups is 1. The SMILES string of the molecule is CC(C)(C)CC(O)Nc1cncc(-c2cc3c(-c4nc5c(-c6cccnc6)ccnc5[nH]4)n[nH]c3cc2F)c1. The van der Waals surface area contributed by atoms with E-state index in [1.54, 1.807) is 43.1 Å². The van der Waals surface area contributed by atoms with Crippen LogP contribution in [-0.4, -0.2) is 46.5 Å². The Morgan fingerprint density at radius 2 is 1.85 bits per heavy atom. The number of rotatable bonds is 6. The molecule has 0 aliphatic rings. The highest BCUT2D eigenvalue weighted by Crippen LogP contribution is 2.34. The maximum atomic E-state index is 15.3. The lowest BCUT2D eigenvalue weighted by Gasteiger charge is -2.23. The molecule has 10 heteroatoms. The molecule has 39 heavy (non-hydrogen) atoms. The summed E-state index contributed by atoms with van der Waals surface area (Å²) in [7, 11) is 0. The molecule has 0 saturated heterocycles. The topological polar surface area (TPSA) is 128 Å². The number of H-pyrrole nitrogens is 2. The van der Waals surface area contributed by atoms with Crippen LogP contribution in [0, 0.1) is 11.2 Å². The van der Waals surface area contributed by atoms with Gasteiger partial charge in [0.05, 0.1) is 17.4 Å². The number of hydrogen-bond donors (Lipinski definition) is 4. The first kappa shape index (κ1) is 24.6. The van der Waals surface area contributed by atoms with Crippen LogP contribution >= 0.6 is 0 Å². The molecule has 9 nitrogen and oxygen atoms in total. The number of aliphatic hydroxyl groups excluding tert-OH is 1. The van der Waals surface area contributed by atoms with Gasteiger partial charge in [0.2, 0.25) is 0 Å². The molecule has 0 fully saturated rings. The van der Waals surface area contributed by atoms with E-state index in [2.05, 4.69) is 56.2 Å². The van der Waals surface area contributed by atoms with Crippen molar-refractivity contribution in [3.8, 4) is 33.8 Å². The van der Waals surface area contributed by atoms with Crippen molar-refractivity contribution < 1.29 is 9.50 Å². The molecule has 1 atom stereocenters. The van der Waals surface area contributed by atoms with Gasteiger partial charge in [-0.1, -0.05) is 26.8 Å². The van der Waals surface area contributed by atoms with Gasteiger partial charge in [-0.25, -0.2) is 14.4 Å². The van der Waals surface area contributed by atoms with Gasteiger partial charge >= 0.3 is 0 Å². The number of fused-ring (bicyclic) bond motifs is 2. The van der Waals surface area contributed by atoms with Gasteiger partial charge in [0.1, 0.15) is 23.3 Å². The highest BCUT2D eigenvalue weighted by molar-refractivity contribution is 5.97. The number of anilines is 1. The molecule has 6 aromatic rings. The van der Waals surface area contributed by atoms with E-state index < -0.39 is 12.0 Å². The van der Waals surface area contributed by atoms with Crippen molar-refractivity contribution in [3.05, 3.63) is 73.2 Å². The molecule has 0 aliphatic heterocycles. The van der Waals surface area contributed by atoms with Crippen LogP contribution in [0.1, 0.15) is 27.2 Å². The molecule has 5 heterocycles. The molecular formula is C29H27FN8O. The van der Waals surface area contributed by atoms with Gasteiger partial charge in [0.25, 0.3) is 0 Å². The first-order valence-corrected chi connectivity index (χ1v) is 12.6. The van der Waals surface area contributed by atoms with Crippen LogP contribution in [0.3, 0.4) is 0 Å². The predicted octanol–water partition coefficient (Wildman–Crippen LogP) is 5.93. The summed E-state index contributed by atoms with van der Waals surface area (Å²) in [5, 5.41) is 21.5. The van der Waals surface area contributed by atoms with E-state index >= 15 is 4.39 Å². The second kappa shape index (κ2) is 9.55. The maximum absolute atomic E-state index is 15.3. The van der Waals surface area contributed by atoms with Crippen LogP contribution in [0.5, 0.6) is 0 Å². The smallest absolute Gasteiger partial charge is 0.160 e. The summed E-state index contributed by atoms with van der Waals surface area (Å²) >= 11 is 0. The number of pyridine rings is 3. The van der Waals surface area contributed by atoms with Crippen molar-refractivity contribution in [3.63, 3.8) is 0 Å². The highest BCUT2D eigenvalue weighted by Gasteiger charge is 2.20. The predicted molar refractivity (Wildman–Crippen MR) is 149 cm³/mol. The lowest BCUT2D eigenvalue weighted by Crippen LogP contribution is -2.25. The van der Waals surface area contributed by atoms with Crippen molar-refractivity contribution in [2.75, 3.05) is 5.32 Å². The molecule has 0 saturated carbocycles. The van der Waals surface area contributed by atoms with Crippen molar-refractivity contribution in [1.29, 1.82) is 0 Å². The Bertz CT molecular complexity index is 1790. The Morgan fingerprint density at radius 3 is 2.64 bits per heavy atom. The number of aromatic nitrogens is 7. The van der Waals surface area contributed by atoms with Crippen LogP contribution in [-0.2, 0) is 0 Å². The quantitative estimate of drug-likeness (QED) is 0.200. The molecule has 1 aromatic carbocycles. The first-order chi connectivity index (χ1) is 18.7. The average Bonchev–Trinajstić information content (AvgIpc) is 3.51. The van der Waals surface area contributed by atoms with Gasteiger partial charge in [-0.15, -0.1) is 0 Å². The number of nitrogens with zero attached hydrogens (tertiary/aromatic N) is 5. The Hall–Kier alpha value is -4.70. The normalized spacial score (nSPS) is 12.7. The zero-order chi connectivity index (χ0) is 27.1. The van der Waals surface area contributed by atoms with Crippen molar-refractivity contribution >= 4 is 27.8 Å². The zero-order valence-electron chi connectivity index (χ0n) is 21.7. The lowest BCUT2D eigenvalue weighted by molar-refractivity contribution is 0.145. The van der Waals surface area contributed by atoms with Gasteiger partial charge < -0.3 is 15.4 Å². The molecule has 6 rings (SSSR count). The fraction of sp³-hybridized carbons (Fsp3) is 0.207. The molecular weight excluding hydrogens is 495 g/mol. The number of hydrogen-bond acceptors (Lipinski definition) is 7. The molecule has 0 bridgehead atoms. The molecule has 0 spiro atoms. The largest absolute Gasteiger partial charge is 0.374 e. The number of aromatic amines is 2. The zero-order valence-corrected chi connectivity index (χ0v) is 21.7. The maximum Gasteiger partial charge on any atom is 0.160 e. The number of imidazole rings is 1. The highest BCUT2D eigenvalue weighted by atomic mass is 19.1. The minimum atomic E-state index is -0.756. The fourth-order valence-corrected chi connectivity index (χ4v) is 4.71. The summed E-state index contributed by atoms with van der Waals surface area (Å²) in [6.07, 6.45) is 8.21. The summed E-state index contributed by atoms with van der Waals surface area (Å²) in [6.45, 7) is 6.16. The molecule has 4 N–H and O–H groups in total. The van der Waals surface area contributed by atoms with Crippen LogP contribution in [0.2, 0.25) is 0 Å². The average molecular weight is 523 g/mol. The molecule has 0 amide bonds. The van der Waals surface area contributed by atoms with Crippen LogP contribution in [0.25, 0.3) is 55.8 Å². The minimum Gasteiger partial charge on any atom is -0.374 e. The third-order valence-electron chi connectivity index (χ3n) is 6.42. The van der Waals surface area contributed by atoms with Gasteiger partial charge in [0, 0.05) is 58.5 Å². The monoisotopic (exact) mass is 522 g/mol. The van der Waals surface area contributed by atoms with Gasteiger partial charge in [-0.2, -0.15) is 5.10 Å². The van der Waals surface area contributed by atoms with E-state index in [4.69, 9.17) is 4.98 Å². The summed E-state index contributed by atoms with van der Waals surface area (Å²) in [5.74, 6) is 0.0912. The van der Waals surface area contributed by atoms with E-state index in [-0.39, 0.29) is 5.41 Å².